The molecule has 0 saturated heterocycles. The lowest BCUT2D eigenvalue weighted by molar-refractivity contribution is -0.124. The predicted molar refractivity (Wildman–Crippen MR) is 81.0 cm³/mol. The Labute approximate surface area is 133 Å². The number of hydrogen-bond acceptors (Lipinski definition) is 5. The van der Waals surface area contributed by atoms with Gasteiger partial charge in [0.15, 0.2) is 0 Å². The fourth-order valence-corrected chi connectivity index (χ4v) is 1.97. The molecule has 1 heterocycles. The lowest BCUT2D eigenvalue weighted by Crippen LogP contribution is -2.37. The summed E-state index contributed by atoms with van der Waals surface area (Å²) < 4.78 is 14.4. The monoisotopic (exact) mass is 328 g/mol. The third kappa shape index (κ3) is 4.47. The van der Waals surface area contributed by atoms with Gasteiger partial charge in [-0.1, -0.05) is 12.1 Å². The summed E-state index contributed by atoms with van der Waals surface area (Å²) in [5.74, 6) is -0.00771. The van der Waals surface area contributed by atoms with Gasteiger partial charge in [-0.25, -0.2) is 9.07 Å². The van der Waals surface area contributed by atoms with Crippen LogP contribution in [0.25, 0.3) is 0 Å². The molecule has 22 heavy (non-hydrogen) atoms. The van der Waals surface area contributed by atoms with Crippen molar-refractivity contribution in [2.45, 2.75) is 19.4 Å². The molecule has 0 fully saturated rings. The lowest BCUT2D eigenvalue weighted by atomic mass is 10.1. The van der Waals surface area contributed by atoms with Gasteiger partial charge in [-0.15, -0.1) is 17.5 Å². The van der Waals surface area contributed by atoms with Gasteiger partial charge in [0.05, 0.1) is 0 Å². The van der Waals surface area contributed by atoms with Gasteiger partial charge in [0, 0.05) is 19.5 Å². The molecule has 0 aliphatic rings. The number of aryl methyl sites for hydroxylation is 1. The Morgan fingerprint density at radius 3 is 2.64 bits per heavy atom. The van der Waals surface area contributed by atoms with Gasteiger partial charge in [0.25, 0.3) is 0 Å². The number of nitrogens with two attached hydrogens (primary N) is 1. The number of carbonyl (C=O) groups is 1. The molecule has 2 aromatic rings. The second kappa shape index (κ2) is 8.40. The van der Waals surface area contributed by atoms with Gasteiger partial charge in [-0.05, 0) is 35.0 Å². The largest absolute Gasteiger partial charge is 0.353 e. The van der Waals surface area contributed by atoms with Crippen LogP contribution in [0, 0.1) is 12.7 Å². The number of halogens is 2. The molecule has 3 N–H and O–H groups in total. The Balaban J connectivity index is 0.00000242. The van der Waals surface area contributed by atoms with E-state index in [1.165, 1.54) is 16.8 Å². The highest BCUT2D eigenvalue weighted by Crippen LogP contribution is 2.15. The molecule has 1 atom stereocenters. The summed E-state index contributed by atoms with van der Waals surface area (Å²) in [7, 11) is 0. The number of nitrogens with one attached hydrogen (secondary N) is 1. The summed E-state index contributed by atoms with van der Waals surface area (Å²) in [6, 6.07) is 5.39. The van der Waals surface area contributed by atoms with Gasteiger partial charge >= 0.3 is 0 Å². The standard InChI is InChI=1S/C13H17FN6O.ClH/c1-9-17-18-19-20(9)12(13(21)16-7-6-15)8-10-2-4-11(14)5-3-10;/h2-5,12H,6-8,15H2,1H3,(H,16,21);1H. The molecule has 0 radical (unpaired) electrons. The van der Waals surface area contributed by atoms with Gasteiger partial charge in [-0.2, -0.15) is 0 Å². The number of rotatable bonds is 6. The van der Waals surface area contributed by atoms with E-state index in [-0.39, 0.29) is 24.1 Å². The van der Waals surface area contributed by atoms with Gasteiger partial charge in [-0.3, -0.25) is 4.79 Å². The van der Waals surface area contributed by atoms with Crippen molar-refractivity contribution in [3.8, 4) is 0 Å². The highest BCUT2D eigenvalue weighted by molar-refractivity contribution is 5.85. The van der Waals surface area contributed by atoms with Crippen molar-refractivity contribution >= 4 is 18.3 Å². The molecule has 0 saturated carbocycles. The molecule has 7 nitrogen and oxygen atoms in total. The minimum atomic E-state index is -0.600. The number of tetrazole rings is 1. The second-order valence-electron chi connectivity index (χ2n) is 4.60. The summed E-state index contributed by atoms with van der Waals surface area (Å²) in [6.45, 7) is 2.44. The van der Waals surface area contributed by atoms with E-state index in [0.29, 0.717) is 25.3 Å². The zero-order valence-electron chi connectivity index (χ0n) is 12.1. The molecule has 0 aliphatic carbocycles. The van der Waals surface area contributed by atoms with Crippen LogP contribution in [0.2, 0.25) is 0 Å². The van der Waals surface area contributed by atoms with Crippen LogP contribution in [0.3, 0.4) is 0 Å². The number of benzene rings is 1. The first-order valence-electron chi connectivity index (χ1n) is 6.58. The van der Waals surface area contributed by atoms with E-state index < -0.39 is 6.04 Å². The minimum absolute atomic E-state index is 0. The number of hydrogen-bond donors (Lipinski definition) is 2. The van der Waals surface area contributed by atoms with Crippen molar-refractivity contribution in [2.75, 3.05) is 13.1 Å². The number of aromatic nitrogens is 4. The summed E-state index contributed by atoms with van der Waals surface area (Å²) in [4.78, 5) is 12.3. The van der Waals surface area contributed by atoms with Crippen LogP contribution >= 0.6 is 12.4 Å². The third-order valence-electron chi connectivity index (χ3n) is 3.04. The molecule has 1 aromatic heterocycles. The van der Waals surface area contributed by atoms with Crippen molar-refractivity contribution in [1.82, 2.24) is 25.5 Å². The maximum absolute atomic E-state index is 13.0. The maximum Gasteiger partial charge on any atom is 0.245 e. The molecule has 2 rings (SSSR count). The lowest BCUT2D eigenvalue weighted by Gasteiger charge is -2.17. The average molecular weight is 329 g/mol. The number of nitrogens with zero attached hydrogens (tertiary/aromatic N) is 4. The Kier molecular flexibility index (Phi) is 6.87. The molecule has 0 bridgehead atoms. The maximum atomic E-state index is 13.0. The second-order valence-corrected chi connectivity index (χ2v) is 4.60. The Hall–Kier alpha value is -2.06. The molecule has 1 amide bonds. The minimum Gasteiger partial charge on any atom is -0.353 e. The SMILES string of the molecule is Cc1nnnn1C(Cc1ccc(F)cc1)C(=O)NCCN.Cl. The van der Waals surface area contributed by atoms with Crippen molar-refractivity contribution in [2.24, 2.45) is 5.73 Å². The van der Waals surface area contributed by atoms with Crippen LogP contribution in [0.4, 0.5) is 4.39 Å². The van der Waals surface area contributed by atoms with E-state index in [9.17, 15) is 9.18 Å². The Morgan fingerprint density at radius 1 is 1.41 bits per heavy atom. The van der Waals surface area contributed by atoms with Crippen LogP contribution in [-0.4, -0.2) is 39.2 Å². The van der Waals surface area contributed by atoms with Crippen LogP contribution in [0.1, 0.15) is 17.4 Å². The molecule has 9 heteroatoms. The van der Waals surface area contributed by atoms with E-state index in [1.54, 1.807) is 19.1 Å². The average Bonchev–Trinajstić information content (AvgIpc) is 2.90. The Morgan fingerprint density at radius 2 is 2.09 bits per heavy atom. The van der Waals surface area contributed by atoms with Gasteiger partial charge in [0.2, 0.25) is 5.91 Å². The highest BCUT2D eigenvalue weighted by Gasteiger charge is 2.23. The summed E-state index contributed by atoms with van der Waals surface area (Å²) in [6.07, 6.45) is 0.364. The van der Waals surface area contributed by atoms with Crippen LogP contribution in [-0.2, 0) is 11.2 Å². The van der Waals surface area contributed by atoms with E-state index in [2.05, 4.69) is 20.8 Å². The van der Waals surface area contributed by atoms with E-state index in [1.807, 2.05) is 0 Å². The predicted octanol–water partition coefficient (Wildman–Crippen LogP) is 0.401. The van der Waals surface area contributed by atoms with Gasteiger partial charge < -0.3 is 11.1 Å². The quantitative estimate of drug-likeness (QED) is 0.799. The van der Waals surface area contributed by atoms with Crippen molar-refractivity contribution in [3.05, 3.63) is 41.5 Å². The molecule has 0 aliphatic heterocycles. The van der Waals surface area contributed by atoms with E-state index >= 15 is 0 Å². The fourth-order valence-electron chi connectivity index (χ4n) is 1.97. The van der Waals surface area contributed by atoms with E-state index in [0.717, 1.165) is 5.56 Å². The van der Waals surface area contributed by atoms with Crippen molar-refractivity contribution in [3.63, 3.8) is 0 Å². The Bertz CT molecular complexity index is 603. The molecule has 120 valence electrons. The molecule has 0 spiro atoms. The third-order valence-corrected chi connectivity index (χ3v) is 3.04. The number of carbonyl (C=O) groups excluding carboxylic acids is 1. The highest BCUT2D eigenvalue weighted by atomic mass is 35.5. The fraction of sp³-hybridized carbons (Fsp3) is 0.385. The van der Waals surface area contributed by atoms with Crippen LogP contribution < -0.4 is 11.1 Å². The topological polar surface area (TPSA) is 98.7 Å². The zero-order valence-corrected chi connectivity index (χ0v) is 12.9. The molecular weight excluding hydrogens is 311 g/mol. The molecular formula is C13H18ClFN6O. The first kappa shape index (κ1) is 18.0. The van der Waals surface area contributed by atoms with Crippen LogP contribution in [0.5, 0.6) is 0 Å². The first-order valence-corrected chi connectivity index (χ1v) is 6.58. The summed E-state index contributed by atoms with van der Waals surface area (Å²) in [5.41, 5.74) is 6.21. The summed E-state index contributed by atoms with van der Waals surface area (Å²) in [5, 5.41) is 13.9. The van der Waals surface area contributed by atoms with E-state index in [4.69, 9.17) is 5.73 Å². The smallest absolute Gasteiger partial charge is 0.245 e. The molecule has 1 aromatic carbocycles. The summed E-state index contributed by atoms with van der Waals surface area (Å²) >= 11 is 0. The van der Waals surface area contributed by atoms with Crippen molar-refractivity contribution < 1.29 is 9.18 Å². The van der Waals surface area contributed by atoms with Gasteiger partial charge in [0.1, 0.15) is 17.7 Å². The zero-order chi connectivity index (χ0) is 15.2. The normalized spacial score (nSPS) is 11.6. The van der Waals surface area contributed by atoms with Crippen LogP contribution in [0.15, 0.2) is 24.3 Å². The first-order chi connectivity index (χ1) is 10.1. The molecule has 1 unspecified atom stereocenters. The number of amides is 1. The van der Waals surface area contributed by atoms with Crippen molar-refractivity contribution in [1.29, 1.82) is 0 Å².